The molecule has 3 heteroatoms. The van der Waals surface area contributed by atoms with Crippen molar-refractivity contribution in [3.63, 3.8) is 0 Å². The van der Waals surface area contributed by atoms with Crippen molar-refractivity contribution >= 4 is 11.3 Å². The number of nitrogens with zero attached hydrogens (tertiary/aromatic N) is 1. The monoisotopic (exact) mass is 194 g/mol. The Kier molecular flexibility index (Phi) is 2.76. The van der Waals surface area contributed by atoms with Crippen molar-refractivity contribution in [1.82, 2.24) is 10.3 Å². The molecule has 0 amide bonds. The van der Waals surface area contributed by atoms with Gasteiger partial charge in [0, 0.05) is 18.0 Å². The van der Waals surface area contributed by atoms with Crippen molar-refractivity contribution in [2.45, 2.75) is 32.4 Å². The molecule has 1 heterocycles. The van der Waals surface area contributed by atoms with E-state index >= 15 is 0 Å². The van der Waals surface area contributed by atoms with Crippen LogP contribution in [0.3, 0.4) is 0 Å². The molecule has 1 aromatic rings. The molecule has 2 rings (SSSR count). The molecule has 1 aliphatic carbocycles. The average Bonchev–Trinajstić information content (AvgIpc) is 2.71. The highest BCUT2D eigenvalue weighted by Gasteiger charge is 2.09. The Morgan fingerprint density at radius 1 is 1.54 bits per heavy atom. The predicted octanol–water partition coefficient (Wildman–Crippen LogP) is 2.26. The number of aromatic nitrogens is 1. The molecule has 0 aromatic carbocycles. The van der Waals surface area contributed by atoms with Crippen molar-refractivity contribution in [1.29, 1.82) is 0 Å². The molecule has 0 unspecified atom stereocenters. The predicted molar refractivity (Wildman–Crippen MR) is 55.9 cm³/mol. The molecule has 0 bridgehead atoms. The fourth-order valence-corrected chi connectivity index (χ4v) is 2.13. The fourth-order valence-electron chi connectivity index (χ4n) is 1.52. The summed E-state index contributed by atoms with van der Waals surface area (Å²) in [7, 11) is 0. The molecule has 1 N–H and O–H groups in total. The Hall–Kier alpha value is -0.670. The molecule has 0 fully saturated rings. The number of hydrogen-bond donors (Lipinski definition) is 1. The van der Waals surface area contributed by atoms with Gasteiger partial charge in [-0.05, 0) is 19.8 Å². The quantitative estimate of drug-likeness (QED) is 0.747. The molecule has 13 heavy (non-hydrogen) atoms. The van der Waals surface area contributed by atoms with Gasteiger partial charge in [-0.25, -0.2) is 4.98 Å². The van der Waals surface area contributed by atoms with Crippen molar-refractivity contribution < 1.29 is 0 Å². The molecule has 0 atom stereocenters. The van der Waals surface area contributed by atoms with E-state index in [0.717, 1.165) is 11.6 Å². The van der Waals surface area contributed by atoms with Crippen LogP contribution in [0.25, 0.3) is 0 Å². The Labute approximate surface area is 82.7 Å². The molecule has 70 valence electrons. The Bertz CT molecular complexity index is 296. The molecular formula is C10H14N2S. The largest absolute Gasteiger partial charge is 0.308 e. The van der Waals surface area contributed by atoms with E-state index in [9.17, 15) is 0 Å². The number of rotatable bonds is 3. The molecule has 0 saturated heterocycles. The summed E-state index contributed by atoms with van der Waals surface area (Å²) in [4.78, 5) is 4.41. The Morgan fingerprint density at radius 3 is 2.92 bits per heavy atom. The summed E-state index contributed by atoms with van der Waals surface area (Å²) in [6, 6.07) is 0.641. The summed E-state index contributed by atoms with van der Waals surface area (Å²) in [5, 5.41) is 6.78. The molecule has 0 spiro atoms. The molecule has 0 radical (unpaired) electrons. The van der Waals surface area contributed by atoms with Gasteiger partial charge in [-0.2, -0.15) is 0 Å². The minimum Gasteiger partial charge on any atom is -0.308 e. The van der Waals surface area contributed by atoms with Gasteiger partial charge in [-0.1, -0.05) is 12.2 Å². The zero-order valence-corrected chi connectivity index (χ0v) is 8.60. The lowest BCUT2D eigenvalue weighted by molar-refractivity contribution is 0.534. The first kappa shape index (κ1) is 8.91. The van der Waals surface area contributed by atoms with Crippen LogP contribution in [0.4, 0.5) is 0 Å². The van der Waals surface area contributed by atoms with Crippen LogP contribution in [-0.2, 0) is 6.54 Å². The Morgan fingerprint density at radius 2 is 2.31 bits per heavy atom. The number of hydrogen-bond acceptors (Lipinski definition) is 3. The van der Waals surface area contributed by atoms with Gasteiger partial charge >= 0.3 is 0 Å². The Balaban J connectivity index is 1.79. The lowest BCUT2D eigenvalue weighted by Crippen LogP contribution is -2.25. The normalized spacial score (nSPS) is 17.0. The summed E-state index contributed by atoms with van der Waals surface area (Å²) in [6.45, 7) is 2.96. The first-order valence-electron chi connectivity index (χ1n) is 4.64. The fraction of sp³-hybridized carbons (Fsp3) is 0.500. The highest BCUT2D eigenvalue weighted by Crippen LogP contribution is 2.11. The van der Waals surface area contributed by atoms with Crippen LogP contribution in [0.15, 0.2) is 17.5 Å². The highest BCUT2D eigenvalue weighted by atomic mass is 32.1. The molecule has 0 saturated carbocycles. The van der Waals surface area contributed by atoms with Crippen LogP contribution in [0.1, 0.15) is 23.5 Å². The zero-order valence-electron chi connectivity index (χ0n) is 7.79. The van der Waals surface area contributed by atoms with Gasteiger partial charge in [-0.3, -0.25) is 0 Å². The average molecular weight is 194 g/mol. The second-order valence-electron chi connectivity index (χ2n) is 3.38. The molecule has 0 aliphatic heterocycles. The van der Waals surface area contributed by atoms with Gasteiger partial charge in [0.2, 0.25) is 0 Å². The summed E-state index contributed by atoms with van der Waals surface area (Å²) in [5.41, 5.74) is 1.18. The molecule has 2 nitrogen and oxygen atoms in total. The van der Waals surface area contributed by atoms with Crippen LogP contribution in [0, 0.1) is 6.92 Å². The van der Waals surface area contributed by atoms with Crippen molar-refractivity contribution in [2.24, 2.45) is 0 Å². The highest BCUT2D eigenvalue weighted by molar-refractivity contribution is 7.09. The third-order valence-corrected chi connectivity index (χ3v) is 3.07. The van der Waals surface area contributed by atoms with Crippen LogP contribution >= 0.6 is 11.3 Å². The van der Waals surface area contributed by atoms with E-state index in [2.05, 4.69) is 27.8 Å². The molecular weight excluding hydrogens is 180 g/mol. The van der Waals surface area contributed by atoms with E-state index < -0.39 is 0 Å². The maximum absolute atomic E-state index is 4.41. The second kappa shape index (κ2) is 4.03. The van der Waals surface area contributed by atoms with E-state index in [-0.39, 0.29) is 0 Å². The topological polar surface area (TPSA) is 24.9 Å². The van der Waals surface area contributed by atoms with Gasteiger partial charge < -0.3 is 5.32 Å². The maximum atomic E-state index is 4.41. The zero-order chi connectivity index (χ0) is 9.10. The standard InChI is InChI=1S/C10H14N2S/c1-8-12-10(7-13-8)6-11-9-4-2-3-5-9/h2-3,7,9,11H,4-6H2,1H3. The van der Waals surface area contributed by atoms with Gasteiger partial charge in [0.05, 0.1) is 10.7 Å². The van der Waals surface area contributed by atoms with Gasteiger partial charge in [0.25, 0.3) is 0 Å². The first-order valence-corrected chi connectivity index (χ1v) is 5.52. The van der Waals surface area contributed by atoms with Crippen LogP contribution in [0.2, 0.25) is 0 Å². The van der Waals surface area contributed by atoms with E-state index in [1.807, 2.05) is 6.92 Å². The number of aryl methyl sites for hydroxylation is 1. The maximum Gasteiger partial charge on any atom is 0.0897 e. The van der Waals surface area contributed by atoms with Gasteiger partial charge in [-0.15, -0.1) is 11.3 Å². The van der Waals surface area contributed by atoms with Gasteiger partial charge in [0.15, 0.2) is 0 Å². The number of nitrogens with one attached hydrogen (secondary N) is 1. The summed E-state index contributed by atoms with van der Waals surface area (Å²) in [6.07, 6.45) is 6.82. The molecule has 1 aromatic heterocycles. The summed E-state index contributed by atoms with van der Waals surface area (Å²) >= 11 is 1.72. The minimum atomic E-state index is 0.641. The van der Waals surface area contributed by atoms with Crippen molar-refractivity contribution in [2.75, 3.05) is 0 Å². The van der Waals surface area contributed by atoms with Crippen molar-refractivity contribution in [3.05, 3.63) is 28.2 Å². The number of thiazole rings is 1. The van der Waals surface area contributed by atoms with Crippen molar-refractivity contribution in [3.8, 4) is 0 Å². The lowest BCUT2D eigenvalue weighted by Gasteiger charge is -2.09. The minimum absolute atomic E-state index is 0.641. The molecule has 1 aliphatic rings. The smallest absolute Gasteiger partial charge is 0.0897 e. The van der Waals surface area contributed by atoms with E-state index in [1.165, 1.54) is 18.5 Å². The van der Waals surface area contributed by atoms with E-state index in [4.69, 9.17) is 0 Å². The summed E-state index contributed by atoms with van der Waals surface area (Å²) < 4.78 is 0. The van der Waals surface area contributed by atoms with Gasteiger partial charge in [0.1, 0.15) is 0 Å². The SMILES string of the molecule is Cc1nc(CNC2CC=CC2)cs1. The first-order chi connectivity index (χ1) is 6.34. The van der Waals surface area contributed by atoms with E-state index in [1.54, 1.807) is 11.3 Å². The van der Waals surface area contributed by atoms with Crippen LogP contribution in [0.5, 0.6) is 0 Å². The third kappa shape index (κ3) is 2.39. The van der Waals surface area contributed by atoms with E-state index in [0.29, 0.717) is 6.04 Å². The third-order valence-electron chi connectivity index (χ3n) is 2.25. The summed E-state index contributed by atoms with van der Waals surface area (Å²) in [5.74, 6) is 0. The lowest BCUT2D eigenvalue weighted by atomic mass is 10.2. The van der Waals surface area contributed by atoms with Crippen LogP contribution < -0.4 is 5.32 Å². The second-order valence-corrected chi connectivity index (χ2v) is 4.44. The van der Waals surface area contributed by atoms with Crippen LogP contribution in [-0.4, -0.2) is 11.0 Å².